The van der Waals surface area contributed by atoms with Crippen molar-refractivity contribution in [1.29, 1.82) is 0 Å². The van der Waals surface area contributed by atoms with Gasteiger partial charge in [-0.05, 0) is 31.2 Å². The number of aromatic hydroxyl groups is 3. The van der Waals surface area contributed by atoms with E-state index in [9.17, 15) is 55.9 Å². The Morgan fingerprint density at radius 1 is 0.744 bits per heavy atom. The van der Waals surface area contributed by atoms with E-state index in [-0.39, 0.29) is 17.1 Å². The first kappa shape index (κ1) is 30.7. The molecule has 0 amide bonds. The lowest BCUT2D eigenvalue weighted by Crippen LogP contribution is -2.60. The highest BCUT2D eigenvalue weighted by atomic mass is 16.7. The molecule has 2 aromatic carbocycles. The fourth-order valence-electron chi connectivity index (χ4n) is 4.81. The molecule has 0 spiro atoms. The van der Waals surface area contributed by atoms with Gasteiger partial charge in [-0.15, -0.1) is 0 Å². The van der Waals surface area contributed by atoms with E-state index in [0.29, 0.717) is 0 Å². The van der Waals surface area contributed by atoms with Crippen LogP contribution in [0, 0.1) is 0 Å². The number of fused-ring (bicyclic) bond motifs is 1. The van der Waals surface area contributed by atoms with E-state index in [0.717, 1.165) is 6.07 Å². The van der Waals surface area contributed by atoms with Crippen LogP contribution in [0.3, 0.4) is 0 Å². The van der Waals surface area contributed by atoms with Gasteiger partial charge in [-0.3, -0.25) is 4.79 Å². The minimum absolute atomic E-state index is 0.0838. The Morgan fingerprint density at radius 2 is 1.33 bits per heavy atom. The lowest BCUT2D eigenvalue weighted by atomic mass is 9.99. The number of aliphatic hydroxyl groups is 7. The van der Waals surface area contributed by atoms with E-state index in [1.165, 1.54) is 31.2 Å². The molecule has 5 rings (SSSR count). The van der Waals surface area contributed by atoms with Crippen LogP contribution in [0.1, 0.15) is 6.92 Å². The van der Waals surface area contributed by atoms with Crippen molar-refractivity contribution in [2.75, 3.05) is 6.61 Å². The Balaban J connectivity index is 1.67. The molecule has 16 nitrogen and oxygen atoms in total. The minimum Gasteiger partial charge on any atom is -0.508 e. The van der Waals surface area contributed by atoms with Crippen LogP contribution < -0.4 is 14.9 Å². The predicted molar refractivity (Wildman–Crippen MR) is 140 cm³/mol. The number of rotatable bonds is 6. The number of hydrogen-bond acceptors (Lipinski definition) is 16. The van der Waals surface area contributed by atoms with E-state index < -0.39 is 107 Å². The van der Waals surface area contributed by atoms with Crippen molar-refractivity contribution in [3.8, 4) is 40.1 Å². The summed E-state index contributed by atoms with van der Waals surface area (Å²) in [4.78, 5) is 13.3. The van der Waals surface area contributed by atoms with E-state index in [1.54, 1.807) is 0 Å². The summed E-state index contributed by atoms with van der Waals surface area (Å²) in [6.07, 6.45) is -17.0. The molecule has 2 aliphatic heterocycles. The number of phenolic OH excluding ortho intramolecular Hbond substituents is 3. The molecule has 0 aliphatic carbocycles. The smallest absolute Gasteiger partial charge is 0.229 e. The standard InChI is InChI=1S/C27H30O16/c1-8-15(31)18(34)20(36)26(39-8)43-25-22(38)24(42-27-21(37)19(35)16(32)13(7-28)41-27)17(33)14-11(30)6-12(40-23(14)25)9-2-4-10(29)5-3-9/h2-6,8,13,15-16,18-21,26-29,31-38H,7H2,1H3/t8-,13-,15-,16-,18+,19-,20+,21-,26-,27+/m1/s1. The molecule has 234 valence electrons. The first-order chi connectivity index (χ1) is 20.3. The average molecular weight is 611 g/mol. The normalized spacial score (nSPS) is 32.9. The maximum atomic E-state index is 13.3. The number of hydrogen-bond donors (Lipinski definition) is 10. The maximum Gasteiger partial charge on any atom is 0.229 e. The Bertz CT molecular complexity index is 1520. The van der Waals surface area contributed by atoms with Crippen LogP contribution in [-0.4, -0.2) is 119 Å². The summed E-state index contributed by atoms with van der Waals surface area (Å²) in [7, 11) is 0. The number of ether oxygens (including phenoxy) is 4. The third-order valence-electron chi connectivity index (χ3n) is 7.31. The zero-order chi connectivity index (χ0) is 31.3. The summed E-state index contributed by atoms with van der Waals surface area (Å²) in [5.74, 6) is -4.01. The van der Waals surface area contributed by atoms with E-state index >= 15 is 0 Å². The maximum absolute atomic E-state index is 13.3. The van der Waals surface area contributed by atoms with Crippen LogP contribution in [0.5, 0.6) is 28.7 Å². The molecule has 0 saturated carbocycles. The summed E-state index contributed by atoms with van der Waals surface area (Å²) in [6, 6.07) is 6.40. The van der Waals surface area contributed by atoms with Crippen LogP contribution >= 0.6 is 0 Å². The fraction of sp³-hybridized carbons (Fsp3) is 0.444. The van der Waals surface area contributed by atoms with E-state index in [2.05, 4.69) is 0 Å². The molecule has 10 atom stereocenters. The largest absolute Gasteiger partial charge is 0.508 e. The molecule has 10 N–H and O–H groups in total. The highest BCUT2D eigenvalue weighted by Crippen LogP contribution is 2.51. The van der Waals surface area contributed by atoms with E-state index in [1.807, 2.05) is 0 Å². The van der Waals surface area contributed by atoms with Gasteiger partial charge in [-0.2, -0.15) is 0 Å². The second-order valence-electron chi connectivity index (χ2n) is 10.2. The van der Waals surface area contributed by atoms with Crippen LogP contribution in [0.15, 0.2) is 39.5 Å². The molecular weight excluding hydrogens is 580 g/mol. The van der Waals surface area contributed by atoms with Gasteiger partial charge in [0.2, 0.25) is 29.8 Å². The van der Waals surface area contributed by atoms with Gasteiger partial charge in [0.25, 0.3) is 0 Å². The quantitative estimate of drug-likeness (QED) is 0.144. The first-order valence-electron chi connectivity index (χ1n) is 13.0. The Hall–Kier alpha value is -3.71. The van der Waals surface area contributed by atoms with Crippen molar-refractivity contribution < 1.29 is 74.4 Å². The van der Waals surface area contributed by atoms with Gasteiger partial charge in [0.05, 0.1) is 12.7 Å². The van der Waals surface area contributed by atoms with Gasteiger partial charge in [0.1, 0.15) is 59.6 Å². The van der Waals surface area contributed by atoms with Gasteiger partial charge in [-0.1, -0.05) is 0 Å². The van der Waals surface area contributed by atoms with E-state index in [4.69, 9.17) is 23.4 Å². The molecule has 2 fully saturated rings. The van der Waals surface area contributed by atoms with Crippen LogP contribution in [-0.2, 0) is 9.47 Å². The van der Waals surface area contributed by atoms with Crippen molar-refractivity contribution in [3.63, 3.8) is 0 Å². The molecule has 3 aromatic rings. The van der Waals surface area contributed by atoms with Crippen LogP contribution in [0.4, 0.5) is 0 Å². The highest BCUT2D eigenvalue weighted by molar-refractivity contribution is 5.95. The zero-order valence-corrected chi connectivity index (χ0v) is 22.3. The van der Waals surface area contributed by atoms with Gasteiger partial charge < -0.3 is 74.4 Å². The molecule has 0 radical (unpaired) electrons. The average Bonchev–Trinajstić information content (AvgIpc) is 2.98. The SMILES string of the molecule is C[C@H]1O[C@H](Oc2c(O)c(O[C@@H]3O[C@H](CO)[C@@H](O)[C@@H](O)[C@H]3O)c(O)c3c(=O)cc(-c4ccc(O)cc4)oc23)[C@@H](O)[C@@H](O)[C@@H]1O. The summed E-state index contributed by atoms with van der Waals surface area (Å²) < 4.78 is 27.7. The Morgan fingerprint density at radius 3 is 1.95 bits per heavy atom. The fourth-order valence-corrected chi connectivity index (χ4v) is 4.81. The van der Waals surface area contributed by atoms with Crippen molar-refractivity contribution in [2.45, 2.75) is 68.3 Å². The third kappa shape index (κ3) is 5.44. The first-order valence-corrected chi connectivity index (χ1v) is 13.0. The monoisotopic (exact) mass is 610 g/mol. The molecule has 0 unspecified atom stereocenters. The van der Waals surface area contributed by atoms with Crippen molar-refractivity contribution in [3.05, 3.63) is 40.6 Å². The Labute approximate surface area is 241 Å². The molecule has 3 heterocycles. The number of phenols is 3. The summed E-state index contributed by atoms with van der Waals surface area (Å²) in [6.45, 7) is 0.545. The lowest BCUT2D eigenvalue weighted by molar-refractivity contribution is -0.278. The van der Waals surface area contributed by atoms with Crippen molar-refractivity contribution >= 4 is 11.0 Å². The molecule has 1 aromatic heterocycles. The molecule has 43 heavy (non-hydrogen) atoms. The van der Waals surface area contributed by atoms with Gasteiger partial charge in [0, 0.05) is 11.6 Å². The Kier molecular flexibility index (Phi) is 8.41. The molecule has 0 bridgehead atoms. The number of aliphatic hydroxyl groups excluding tert-OH is 7. The second-order valence-corrected chi connectivity index (χ2v) is 10.2. The lowest BCUT2D eigenvalue weighted by Gasteiger charge is -2.40. The minimum atomic E-state index is -1.98. The topological polar surface area (TPSA) is 269 Å². The predicted octanol–water partition coefficient (Wildman–Crippen LogP) is -2.04. The summed E-state index contributed by atoms with van der Waals surface area (Å²) in [5.41, 5.74) is -1.21. The van der Waals surface area contributed by atoms with Gasteiger partial charge in [-0.25, -0.2) is 0 Å². The zero-order valence-electron chi connectivity index (χ0n) is 22.3. The molecule has 2 saturated heterocycles. The van der Waals surface area contributed by atoms with Gasteiger partial charge >= 0.3 is 0 Å². The highest BCUT2D eigenvalue weighted by Gasteiger charge is 2.47. The molecule has 16 heteroatoms. The second kappa shape index (κ2) is 11.8. The van der Waals surface area contributed by atoms with Gasteiger partial charge in [0.15, 0.2) is 16.8 Å². The molecular formula is C27H30O16. The number of benzene rings is 2. The van der Waals surface area contributed by atoms with Crippen molar-refractivity contribution in [1.82, 2.24) is 0 Å². The summed E-state index contributed by atoms with van der Waals surface area (Å²) in [5, 5.41) is 102. The summed E-state index contributed by atoms with van der Waals surface area (Å²) >= 11 is 0. The van der Waals surface area contributed by atoms with Crippen molar-refractivity contribution in [2.24, 2.45) is 0 Å². The van der Waals surface area contributed by atoms with Crippen LogP contribution in [0.25, 0.3) is 22.3 Å². The third-order valence-corrected chi connectivity index (χ3v) is 7.31. The molecule has 2 aliphatic rings. The van der Waals surface area contributed by atoms with Crippen LogP contribution in [0.2, 0.25) is 0 Å².